The Balaban J connectivity index is 1.98. The van der Waals surface area contributed by atoms with Gasteiger partial charge in [-0.05, 0) is 54.3 Å². The molecule has 1 heterocycles. The van der Waals surface area contributed by atoms with Gasteiger partial charge in [-0.3, -0.25) is 0 Å². The Hall–Kier alpha value is -3.65. The first-order valence-electron chi connectivity index (χ1n) is 10.3. The zero-order chi connectivity index (χ0) is 20.8. The minimum absolute atomic E-state index is 0.572. The quantitative estimate of drug-likeness (QED) is 0.365. The Morgan fingerprint density at radius 2 is 1.17 bits per heavy atom. The Labute approximate surface area is 179 Å². The molecule has 0 atom stereocenters. The summed E-state index contributed by atoms with van der Waals surface area (Å²) in [6.45, 7) is 4.12. The lowest BCUT2D eigenvalue weighted by molar-refractivity contribution is 0.706. The first-order valence-corrected chi connectivity index (χ1v) is 10.3. The van der Waals surface area contributed by atoms with E-state index >= 15 is 0 Å². The van der Waals surface area contributed by atoms with Gasteiger partial charge in [0.05, 0.1) is 5.69 Å². The Kier molecular flexibility index (Phi) is 5.76. The predicted octanol–water partition coefficient (Wildman–Crippen LogP) is 6.83. The van der Waals surface area contributed by atoms with Crippen molar-refractivity contribution >= 4 is 11.9 Å². The summed E-state index contributed by atoms with van der Waals surface area (Å²) in [6, 6.07) is 36.0. The summed E-state index contributed by atoms with van der Waals surface area (Å²) < 4.78 is 0. The van der Waals surface area contributed by atoms with Gasteiger partial charge in [-0.1, -0.05) is 97.1 Å². The van der Waals surface area contributed by atoms with Crippen LogP contribution in [-0.2, 0) is 5.54 Å². The van der Waals surface area contributed by atoms with E-state index in [9.17, 15) is 0 Å². The van der Waals surface area contributed by atoms with Crippen molar-refractivity contribution in [3.63, 3.8) is 0 Å². The average molecular weight is 391 g/mol. The molecule has 0 aliphatic carbocycles. The maximum absolute atomic E-state index is 4.89. The van der Waals surface area contributed by atoms with Crippen LogP contribution in [0, 0.1) is 6.92 Å². The Morgan fingerprint density at radius 3 is 1.60 bits per heavy atom. The number of benzene rings is 3. The van der Waals surface area contributed by atoms with E-state index < -0.39 is 5.54 Å². The molecule has 4 aromatic rings. The van der Waals surface area contributed by atoms with Crippen molar-refractivity contribution in [2.45, 2.75) is 19.4 Å². The summed E-state index contributed by atoms with van der Waals surface area (Å²) >= 11 is 0. The molecule has 1 N–H and O–H groups in total. The smallest absolute Gasteiger partial charge is 0.128 e. The zero-order valence-electron chi connectivity index (χ0n) is 17.4. The number of nitrogens with one attached hydrogen (secondary N) is 1. The number of nitrogens with zero attached hydrogens (tertiary/aromatic N) is 1. The molecule has 30 heavy (non-hydrogen) atoms. The average Bonchev–Trinajstić information content (AvgIpc) is 2.79. The molecule has 0 aliphatic rings. The fraction of sp³-hybridized carbons (Fsp3) is 0.107. The molecule has 148 valence electrons. The third-order valence-corrected chi connectivity index (χ3v) is 5.26. The second-order valence-electron chi connectivity index (χ2n) is 7.43. The lowest BCUT2D eigenvalue weighted by Gasteiger charge is -2.37. The van der Waals surface area contributed by atoms with Crippen LogP contribution in [0.4, 0.5) is 5.82 Å². The molecule has 0 spiro atoms. The second kappa shape index (κ2) is 8.79. The van der Waals surface area contributed by atoms with E-state index in [0.717, 1.165) is 11.5 Å². The van der Waals surface area contributed by atoms with Gasteiger partial charge >= 0.3 is 0 Å². The van der Waals surface area contributed by atoms with E-state index in [0.29, 0.717) is 0 Å². The Morgan fingerprint density at radius 1 is 0.700 bits per heavy atom. The van der Waals surface area contributed by atoms with Crippen molar-refractivity contribution in [2.75, 3.05) is 5.32 Å². The van der Waals surface area contributed by atoms with E-state index in [1.54, 1.807) is 0 Å². The van der Waals surface area contributed by atoms with Gasteiger partial charge in [0.25, 0.3) is 0 Å². The first-order chi connectivity index (χ1) is 14.7. The Bertz CT molecular complexity index is 1020. The van der Waals surface area contributed by atoms with Crippen molar-refractivity contribution < 1.29 is 0 Å². The van der Waals surface area contributed by atoms with Gasteiger partial charge in [-0.2, -0.15) is 0 Å². The van der Waals surface area contributed by atoms with E-state index in [-0.39, 0.29) is 0 Å². The second-order valence-corrected chi connectivity index (χ2v) is 7.43. The molecule has 0 unspecified atom stereocenters. The highest BCUT2D eigenvalue weighted by Crippen LogP contribution is 2.39. The molecule has 3 aromatic carbocycles. The lowest BCUT2D eigenvalue weighted by Crippen LogP contribution is -2.38. The fourth-order valence-corrected chi connectivity index (χ4v) is 3.99. The number of pyridine rings is 1. The van der Waals surface area contributed by atoms with Crippen molar-refractivity contribution in [3.05, 3.63) is 137 Å². The lowest BCUT2D eigenvalue weighted by atomic mass is 9.77. The normalized spacial score (nSPS) is 11.5. The van der Waals surface area contributed by atoms with Gasteiger partial charge in [0.2, 0.25) is 0 Å². The maximum atomic E-state index is 4.89. The van der Waals surface area contributed by atoms with Crippen LogP contribution in [0.3, 0.4) is 0 Å². The number of hydrogen-bond donors (Lipinski definition) is 1. The highest BCUT2D eigenvalue weighted by atomic mass is 15.1. The molecule has 0 saturated carbocycles. The molecule has 0 aliphatic heterocycles. The monoisotopic (exact) mass is 390 g/mol. The zero-order valence-corrected chi connectivity index (χ0v) is 17.4. The van der Waals surface area contributed by atoms with E-state index in [2.05, 4.69) is 115 Å². The molecule has 0 bridgehead atoms. The number of rotatable bonds is 6. The van der Waals surface area contributed by atoms with E-state index in [1.165, 1.54) is 22.3 Å². The number of allylic oxidation sites excluding steroid dienone is 1. The van der Waals surface area contributed by atoms with Crippen LogP contribution < -0.4 is 5.32 Å². The van der Waals surface area contributed by atoms with Crippen LogP contribution in [0.25, 0.3) is 6.08 Å². The van der Waals surface area contributed by atoms with E-state index in [4.69, 9.17) is 4.98 Å². The van der Waals surface area contributed by atoms with Crippen LogP contribution >= 0.6 is 0 Å². The minimum atomic E-state index is -0.572. The molecule has 2 nitrogen and oxygen atoms in total. The third kappa shape index (κ3) is 3.90. The summed E-state index contributed by atoms with van der Waals surface area (Å²) in [4.78, 5) is 4.89. The molecular weight excluding hydrogens is 364 g/mol. The van der Waals surface area contributed by atoms with Crippen LogP contribution in [0.5, 0.6) is 0 Å². The summed E-state index contributed by atoms with van der Waals surface area (Å²) in [5, 5.41) is 3.84. The van der Waals surface area contributed by atoms with Crippen molar-refractivity contribution in [2.24, 2.45) is 0 Å². The molecule has 0 saturated heterocycles. The summed E-state index contributed by atoms with van der Waals surface area (Å²) in [7, 11) is 0. The van der Waals surface area contributed by atoms with Gasteiger partial charge in [0.1, 0.15) is 11.4 Å². The maximum Gasteiger partial charge on any atom is 0.128 e. The van der Waals surface area contributed by atoms with E-state index in [1.807, 2.05) is 19.1 Å². The summed E-state index contributed by atoms with van der Waals surface area (Å²) in [5.41, 5.74) is 5.04. The minimum Gasteiger partial charge on any atom is -0.353 e. The third-order valence-electron chi connectivity index (χ3n) is 5.26. The molecule has 1 aromatic heterocycles. The summed E-state index contributed by atoms with van der Waals surface area (Å²) in [5.74, 6) is 0.847. The topological polar surface area (TPSA) is 24.9 Å². The summed E-state index contributed by atoms with van der Waals surface area (Å²) in [6.07, 6.45) is 4.05. The number of anilines is 1. The molecule has 0 fully saturated rings. The molecule has 0 radical (unpaired) electrons. The van der Waals surface area contributed by atoms with Gasteiger partial charge in [0, 0.05) is 0 Å². The molecule has 2 heteroatoms. The predicted molar refractivity (Wildman–Crippen MR) is 127 cm³/mol. The number of hydrogen-bond acceptors (Lipinski definition) is 2. The van der Waals surface area contributed by atoms with Gasteiger partial charge < -0.3 is 5.32 Å². The highest BCUT2D eigenvalue weighted by Gasteiger charge is 2.36. The van der Waals surface area contributed by atoms with Crippen LogP contribution in [0.2, 0.25) is 0 Å². The number of aryl methyl sites for hydroxylation is 1. The van der Waals surface area contributed by atoms with Crippen molar-refractivity contribution in [1.82, 2.24) is 4.98 Å². The first kappa shape index (κ1) is 19.7. The fourth-order valence-electron chi connectivity index (χ4n) is 3.99. The van der Waals surface area contributed by atoms with Gasteiger partial charge in [-0.25, -0.2) is 4.98 Å². The largest absolute Gasteiger partial charge is 0.353 e. The van der Waals surface area contributed by atoms with Crippen molar-refractivity contribution in [3.8, 4) is 0 Å². The van der Waals surface area contributed by atoms with Crippen molar-refractivity contribution in [1.29, 1.82) is 0 Å². The molecule has 4 rings (SSSR count). The standard InChI is InChI=1S/C28H26N2/c1-3-13-26-20-22(2)21-27(29-26)30-28(23-14-7-4-8-15-23,24-16-9-5-10-17-24)25-18-11-6-12-19-25/h3-21H,1-2H3,(H,29,30)/b13-3+. The highest BCUT2D eigenvalue weighted by molar-refractivity contribution is 5.60. The van der Waals surface area contributed by atoms with Gasteiger partial charge in [-0.15, -0.1) is 0 Å². The number of aromatic nitrogens is 1. The van der Waals surface area contributed by atoms with Crippen LogP contribution in [0.1, 0.15) is 34.9 Å². The molecule has 0 amide bonds. The molecular formula is C28H26N2. The van der Waals surface area contributed by atoms with Crippen LogP contribution in [0.15, 0.2) is 109 Å². The van der Waals surface area contributed by atoms with Gasteiger partial charge in [0.15, 0.2) is 0 Å². The SMILES string of the molecule is C/C=C/c1cc(C)cc(NC(c2ccccc2)(c2ccccc2)c2ccccc2)n1. The van der Waals surface area contributed by atoms with Crippen LogP contribution in [-0.4, -0.2) is 4.98 Å².